The highest BCUT2D eigenvalue weighted by molar-refractivity contribution is 5.59. The fourth-order valence-corrected chi connectivity index (χ4v) is 3.60. The Labute approximate surface area is 128 Å². The third-order valence-electron chi connectivity index (χ3n) is 4.67. The molecule has 1 fully saturated rings. The summed E-state index contributed by atoms with van der Waals surface area (Å²) in [6.07, 6.45) is 4.77. The van der Waals surface area contributed by atoms with Crippen molar-refractivity contribution in [3.63, 3.8) is 0 Å². The zero-order chi connectivity index (χ0) is 15.2. The summed E-state index contributed by atoms with van der Waals surface area (Å²) in [6, 6.07) is 4.39. The molecule has 0 saturated carbocycles. The van der Waals surface area contributed by atoms with Gasteiger partial charge in [-0.15, -0.1) is 0 Å². The van der Waals surface area contributed by atoms with Gasteiger partial charge >= 0.3 is 0 Å². The number of furan rings is 1. The quantitative estimate of drug-likeness (QED) is 0.853. The van der Waals surface area contributed by atoms with Gasteiger partial charge in [-0.2, -0.15) is 4.39 Å². The lowest BCUT2D eigenvalue weighted by atomic mass is 9.88. The van der Waals surface area contributed by atoms with Crippen LogP contribution in [-0.2, 0) is 6.42 Å². The van der Waals surface area contributed by atoms with Crippen molar-refractivity contribution in [1.29, 1.82) is 0 Å². The van der Waals surface area contributed by atoms with Crippen molar-refractivity contribution in [2.75, 3.05) is 19.6 Å². The van der Waals surface area contributed by atoms with E-state index in [1.54, 1.807) is 12.3 Å². The first-order chi connectivity index (χ1) is 10.7. The molecule has 2 aromatic heterocycles. The van der Waals surface area contributed by atoms with Gasteiger partial charge in [0.1, 0.15) is 11.4 Å². The van der Waals surface area contributed by atoms with Gasteiger partial charge in [0.15, 0.2) is 0 Å². The van der Waals surface area contributed by atoms with E-state index in [0.29, 0.717) is 11.6 Å². The first kappa shape index (κ1) is 13.8. The van der Waals surface area contributed by atoms with Crippen LogP contribution in [0, 0.1) is 6.01 Å². The maximum Gasteiger partial charge on any atom is 0.278 e. The van der Waals surface area contributed by atoms with Crippen LogP contribution in [0.1, 0.15) is 25.3 Å². The SMILES string of the molecule is CCN1CCC[C@]2(Cc3cc(-c4ccc(F)o4)cnc3O2)C1. The van der Waals surface area contributed by atoms with Crippen LogP contribution in [0.4, 0.5) is 4.39 Å². The van der Waals surface area contributed by atoms with Crippen LogP contribution in [0.3, 0.4) is 0 Å². The molecule has 4 rings (SSSR count). The van der Waals surface area contributed by atoms with Crippen molar-refractivity contribution >= 4 is 0 Å². The summed E-state index contributed by atoms with van der Waals surface area (Å²) >= 11 is 0. The Morgan fingerprint density at radius 2 is 2.32 bits per heavy atom. The Bertz CT molecular complexity index is 700. The van der Waals surface area contributed by atoms with E-state index in [9.17, 15) is 4.39 Å². The number of halogens is 1. The van der Waals surface area contributed by atoms with Crippen LogP contribution in [0.5, 0.6) is 5.88 Å². The molecule has 1 saturated heterocycles. The number of fused-ring (bicyclic) bond motifs is 1. The van der Waals surface area contributed by atoms with Crippen molar-refractivity contribution in [1.82, 2.24) is 9.88 Å². The largest absolute Gasteiger partial charge is 0.469 e. The fraction of sp³-hybridized carbons (Fsp3) is 0.471. The summed E-state index contributed by atoms with van der Waals surface area (Å²) in [5.74, 6) is 1.22. The number of nitrogens with zero attached hydrogens (tertiary/aromatic N) is 2. The van der Waals surface area contributed by atoms with Gasteiger partial charge in [0.05, 0.1) is 0 Å². The van der Waals surface area contributed by atoms with Gasteiger partial charge in [-0.1, -0.05) is 6.92 Å². The van der Waals surface area contributed by atoms with Crippen LogP contribution in [0.2, 0.25) is 0 Å². The Morgan fingerprint density at radius 1 is 1.41 bits per heavy atom. The van der Waals surface area contributed by atoms with Crippen molar-refractivity contribution in [3.05, 3.63) is 36.0 Å². The predicted molar refractivity (Wildman–Crippen MR) is 80.3 cm³/mol. The van der Waals surface area contributed by atoms with Gasteiger partial charge in [0, 0.05) is 36.4 Å². The highest BCUT2D eigenvalue weighted by Crippen LogP contribution is 2.40. The van der Waals surface area contributed by atoms with Gasteiger partial charge in [0.2, 0.25) is 5.88 Å². The maximum atomic E-state index is 13.0. The smallest absolute Gasteiger partial charge is 0.278 e. The fourth-order valence-electron chi connectivity index (χ4n) is 3.60. The maximum absolute atomic E-state index is 13.0. The first-order valence-corrected chi connectivity index (χ1v) is 7.83. The van der Waals surface area contributed by atoms with Gasteiger partial charge in [0.25, 0.3) is 6.01 Å². The lowest BCUT2D eigenvalue weighted by Gasteiger charge is -2.38. The number of aromatic nitrogens is 1. The number of ether oxygens (including phenoxy) is 1. The van der Waals surface area contributed by atoms with Gasteiger partial charge in [-0.05, 0) is 38.1 Å². The minimum absolute atomic E-state index is 0.142. The summed E-state index contributed by atoms with van der Waals surface area (Å²) in [5.41, 5.74) is 1.75. The van der Waals surface area contributed by atoms with Crippen LogP contribution in [0.25, 0.3) is 11.3 Å². The highest BCUT2D eigenvalue weighted by atomic mass is 19.1. The Balaban J connectivity index is 1.61. The Kier molecular flexibility index (Phi) is 3.18. The van der Waals surface area contributed by atoms with E-state index in [1.165, 1.54) is 6.07 Å². The molecule has 0 aromatic carbocycles. The molecule has 2 aromatic rings. The number of rotatable bonds is 2. The Hall–Kier alpha value is -1.88. The molecule has 0 unspecified atom stereocenters. The molecule has 22 heavy (non-hydrogen) atoms. The number of pyridine rings is 1. The molecule has 0 aliphatic carbocycles. The zero-order valence-electron chi connectivity index (χ0n) is 12.6. The first-order valence-electron chi connectivity index (χ1n) is 7.83. The standard InChI is InChI=1S/C17H19FN2O2/c1-2-20-7-3-6-17(11-20)9-12-8-13(10-19-16(12)22-17)14-4-5-15(18)21-14/h4-5,8,10H,2-3,6-7,9,11H2,1H3/t17-/m0/s1. The summed E-state index contributed by atoms with van der Waals surface area (Å²) in [5, 5.41) is 0. The zero-order valence-corrected chi connectivity index (χ0v) is 12.6. The summed E-state index contributed by atoms with van der Waals surface area (Å²) < 4.78 is 24.3. The van der Waals surface area contributed by atoms with Crippen LogP contribution < -0.4 is 4.74 Å². The minimum Gasteiger partial charge on any atom is -0.469 e. The molecular weight excluding hydrogens is 283 g/mol. The predicted octanol–water partition coefficient (Wildman–Crippen LogP) is 3.27. The average Bonchev–Trinajstić information content (AvgIpc) is 3.09. The van der Waals surface area contributed by atoms with Crippen molar-refractivity contribution in [2.24, 2.45) is 0 Å². The lowest BCUT2D eigenvalue weighted by molar-refractivity contribution is 0.00781. The summed E-state index contributed by atoms with van der Waals surface area (Å²) in [6.45, 7) is 5.32. The second-order valence-corrected chi connectivity index (χ2v) is 6.23. The van der Waals surface area contributed by atoms with Crippen LogP contribution in [-0.4, -0.2) is 35.1 Å². The van der Waals surface area contributed by atoms with Gasteiger partial charge < -0.3 is 9.15 Å². The molecule has 1 spiro atoms. The molecule has 0 bridgehead atoms. The van der Waals surface area contributed by atoms with Gasteiger partial charge in [-0.25, -0.2) is 4.98 Å². The summed E-state index contributed by atoms with van der Waals surface area (Å²) in [7, 11) is 0. The molecule has 116 valence electrons. The molecule has 2 aliphatic heterocycles. The molecule has 5 heteroatoms. The van der Waals surface area contributed by atoms with E-state index in [4.69, 9.17) is 9.15 Å². The molecule has 4 heterocycles. The van der Waals surface area contributed by atoms with Crippen molar-refractivity contribution in [3.8, 4) is 17.2 Å². The van der Waals surface area contributed by atoms with Crippen LogP contribution >= 0.6 is 0 Å². The third-order valence-corrected chi connectivity index (χ3v) is 4.67. The molecule has 0 radical (unpaired) electrons. The third kappa shape index (κ3) is 2.29. The van der Waals surface area contributed by atoms with E-state index in [2.05, 4.69) is 16.8 Å². The molecular formula is C17H19FN2O2. The number of likely N-dealkylation sites (N-methyl/N-ethyl adjacent to an activating group) is 1. The monoisotopic (exact) mass is 302 g/mol. The van der Waals surface area contributed by atoms with Crippen molar-refractivity contribution < 1.29 is 13.5 Å². The molecule has 2 aliphatic rings. The number of hydrogen-bond donors (Lipinski definition) is 0. The number of likely N-dealkylation sites (tertiary alicyclic amines) is 1. The summed E-state index contributed by atoms with van der Waals surface area (Å²) in [4.78, 5) is 6.85. The molecule has 0 amide bonds. The average molecular weight is 302 g/mol. The highest BCUT2D eigenvalue weighted by Gasteiger charge is 2.43. The van der Waals surface area contributed by atoms with Gasteiger partial charge in [-0.3, -0.25) is 4.90 Å². The van der Waals surface area contributed by atoms with E-state index in [1.807, 2.05) is 6.07 Å². The van der Waals surface area contributed by atoms with E-state index >= 15 is 0 Å². The number of hydrogen-bond acceptors (Lipinski definition) is 4. The Morgan fingerprint density at radius 3 is 3.09 bits per heavy atom. The second-order valence-electron chi connectivity index (χ2n) is 6.23. The molecule has 0 N–H and O–H groups in total. The minimum atomic E-state index is -0.575. The number of piperidine rings is 1. The second kappa shape index (κ2) is 5.09. The van der Waals surface area contributed by atoms with Crippen LogP contribution in [0.15, 0.2) is 28.8 Å². The van der Waals surface area contributed by atoms with E-state index in [0.717, 1.165) is 50.0 Å². The van der Waals surface area contributed by atoms with E-state index < -0.39 is 6.01 Å². The lowest BCUT2D eigenvalue weighted by Crippen LogP contribution is -2.51. The molecule has 1 atom stereocenters. The normalized spacial score (nSPS) is 24.5. The topological polar surface area (TPSA) is 38.5 Å². The molecule has 4 nitrogen and oxygen atoms in total. The van der Waals surface area contributed by atoms with E-state index in [-0.39, 0.29) is 5.60 Å². The van der Waals surface area contributed by atoms with Crippen molar-refractivity contribution in [2.45, 2.75) is 31.8 Å².